The summed E-state index contributed by atoms with van der Waals surface area (Å²) in [6.07, 6.45) is 9.73. The summed E-state index contributed by atoms with van der Waals surface area (Å²) in [6, 6.07) is 4.73. The van der Waals surface area contributed by atoms with Crippen LogP contribution in [0.4, 0.5) is 23.3 Å². The topological polar surface area (TPSA) is 96.8 Å². The van der Waals surface area contributed by atoms with Crippen molar-refractivity contribution < 1.29 is 0 Å². The van der Waals surface area contributed by atoms with Gasteiger partial charge in [0, 0.05) is 31.3 Å². The molecule has 2 N–H and O–H groups in total. The van der Waals surface area contributed by atoms with E-state index >= 15 is 0 Å². The summed E-state index contributed by atoms with van der Waals surface area (Å²) in [5.41, 5.74) is 2.75. The fraction of sp³-hybridized carbons (Fsp3) is 0.615. The van der Waals surface area contributed by atoms with Gasteiger partial charge < -0.3 is 15.1 Å². The summed E-state index contributed by atoms with van der Waals surface area (Å²) < 4.78 is 0. The van der Waals surface area contributed by atoms with Crippen molar-refractivity contribution in [2.24, 2.45) is 23.2 Å². The van der Waals surface area contributed by atoms with E-state index < -0.39 is 0 Å². The van der Waals surface area contributed by atoms with E-state index in [0.29, 0.717) is 29.6 Å². The summed E-state index contributed by atoms with van der Waals surface area (Å²) in [4.78, 5) is 14.5. The van der Waals surface area contributed by atoms with Crippen molar-refractivity contribution in [2.75, 3.05) is 22.2 Å². The first-order valence-electron chi connectivity index (χ1n) is 12.6. The molecule has 0 amide bonds. The highest BCUT2D eigenvalue weighted by Gasteiger charge is 2.62. The Labute approximate surface area is 201 Å². The van der Waals surface area contributed by atoms with Crippen LogP contribution in [0.25, 0.3) is 0 Å². The Balaban J connectivity index is 1.28. The quantitative estimate of drug-likeness (QED) is 0.615. The monoisotopic (exact) mass is 458 g/mol. The molecule has 0 radical (unpaired) electrons. The minimum atomic E-state index is 0.190. The first-order valence-corrected chi connectivity index (χ1v) is 12.6. The van der Waals surface area contributed by atoms with Gasteiger partial charge in [-0.05, 0) is 75.5 Å². The summed E-state index contributed by atoms with van der Waals surface area (Å²) in [5, 5.41) is 19.8. The molecule has 4 atom stereocenters. The molecule has 3 heterocycles. The predicted molar refractivity (Wildman–Crippen MR) is 133 cm³/mol. The SMILES string of the molecule is C=C1C[C@@H](N2c3nc(Nc4cc(C)[nH]n4)cnc3N(C)C2C)CC2CC(C2)C2(CCC#N)CC12. The van der Waals surface area contributed by atoms with Crippen molar-refractivity contribution >= 4 is 23.3 Å². The number of anilines is 4. The fourth-order valence-corrected chi connectivity index (χ4v) is 7.10. The van der Waals surface area contributed by atoms with Crippen molar-refractivity contribution in [1.82, 2.24) is 20.2 Å². The number of nitrogens with zero attached hydrogens (tertiary/aromatic N) is 6. The highest BCUT2D eigenvalue weighted by molar-refractivity contribution is 5.72. The molecule has 2 bridgehead atoms. The van der Waals surface area contributed by atoms with Crippen LogP contribution in [-0.4, -0.2) is 39.4 Å². The predicted octanol–water partition coefficient (Wildman–Crippen LogP) is 4.91. The van der Waals surface area contributed by atoms with Crippen molar-refractivity contribution in [1.29, 1.82) is 5.26 Å². The Morgan fingerprint density at radius 2 is 2.12 bits per heavy atom. The number of rotatable bonds is 5. The zero-order valence-corrected chi connectivity index (χ0v) is 20.4. The first-order chi connectivity index (χ1) is 16.4. The largest absolute Gasteiger partial charge is 0.336 e. The van der Waals surface area contributed by atoms with Gasteiger partial charge in [0.2, 0.25) is 0 Å². The minimum absolute atomic E-state index is 0.190. The van der Waals surface area contributed by atoms with Crippen LogP contribution in [-0.2, 0) is 0 Å². The van der Waals surface area contributed by atoms with Gasteiger partial charge in [-0.2, -0.15) is 10.4 Å². The summed E-state index contributed by atoms with van der Waals surface area (Å²) in [6.45, 7) is 8.83. The van der Waals surface area contributed by atoms with Crippen LogP contribution in [0.5, 0.6) is 0 Å². The molecule has 8 nitrogen and oxygen atoms in total. The van der Waals surface area contributed by atoms with E-state index in [1.165, 1.54) is 31.3 Å². The Morgan fingerprint density at radius 3 is 2.85 bits per heavy atom. The zero-order valence-electron chi connectivity index (χ0n) is 20.4. The summed E-state index contributed by atoms with van der Waals surface area (Å²) in [5.74, 6) is 5.46. The molecule has 34 heavy (non-hydrogen) atoms. The Hall–Kier alpha value is -3.08. The molecule has 1 aliphatic heterocycles. The molecule has 0 aromatic carbocycles. The molecule has 4 saturated carbocycles. The van der Waals surface area contributed by atoms with Crippen LogP contribution in [0, 0.1) is 41.4 Å². The molecule has 0 saturated heterocycles. The second kappa shape index (κ2) is 7.72. The lowest BCUT2D eigenvalue weighted by Gasteiger charge is -2.43. The van der Waals surface area contributed by atoms with E-state index in [-0.39, 0.29) is 6.17 Å². The Kier molecular flexibility index (Phi) is 4.87. The van der Waals surface area contributed by atoms with Gasteiger partial charge in [0.15, 0.2) is 23.3 Å². The van der Waals surface area contributed by atoms with Crippen molar-refractivity contribution in [3.63, 3.8) is 0 Å². The van der Waals surface area contributed by atoms with E-state index in [0.717, 1.165) is 47.8 Å². The van der Waals surface area contributed by atoms with E-state index in [1.54, 1.807) is 6.20 Å². The molecule has 5 aliphatic rings. The zero-order chi connectivity index (χ0) is 23.6. The van der Waals surface area contributed by atoms with Gasteiger partial charge in [-0.15, -0.1) is 0 Å². The minimum Gasteiger partial charge on any atom is -0.336 e. The van der Waals surface area contributed by atoms with E-state index in [4.69, 9.17) is 9.97 Å². The molecular weight excluding hydrogens is 424 g/mol. The van der Waals surface area contributed by atoms with E-state index in [1.807, 2.05) is 13.0 Å². The van der Waals surface area contributed by atoms with Crippen LogP contribution < -0.4 is 15.1 Å². The summed E-state index contributed by atoms with van der Waals surface area (Å²) in [7, 11) is 2.11. The number of nitriles is 1. The van der Waals surface area contributed by atoms with Crippen LogP contribution in [0.2, 0.25) is 0 Å². The molecule has 7 rings (SSSR count). The van der Waals surface area contributed by atoms with Gasteiger partial charge in [0.25, 0.3) is 0 Å². The number of H-pyrrole nitrogens is 1. The number of hydrogen-bond donors (Lipinski definition) is 2. The van der Waals surface area contributed by atoms with E-state index in [2.05, 4.69) is 51.9 Å². The van der Waals surface area contributed by atoms with Crippen LogP contribution in [0.15, 0.2) is 24.4 Å². The van der Waals surface area contributed by atoms with Crippen molar-refractivity contribution in [3.05, 3.63) is 30.1 Å². The molecule has 8 heteroatoms. The van der Waals surface area contributed by atoms with Crippen LogP contribution in [0.3, 0.4) is 0 Å². The van der Waals surface area contributed by atoms with Crippen molar-refractivity contribution in [2.45, 2.75) is 71.0 Å². The first kappa shape index (κ1) is 21.5. The molecule has 2 aromatic heterocycles. The smallest absolute Gasteiger partial charge is 0.176 e. The second-order valence-electron chi connectivity index (χ2n) is 11.0. The highest BCUT2D eigenvalue weighted by atomic mass is 15.5. The third-order valence-electron chi connectivity index (χ3n) is 9.10. The third-order valence-corrected chi connectivity index (χ3v) is 9.10. The van der Waals surface area contributed by atoms with Crippen LogP contribution in [0.1, 0.15) is 57.6 Å². The lowest BCUT2D eigenvalue weighted by Crippen LogP contribution is -2.47. The normalized spacial score (nSPS) is 33.7. The molecule has 178 valence electrons. The van der Waals surface area contributed by atoms with Crippen molar-refractivity contribution in [3.8, 4) is 6.07 Å². The number of aromatic nitrogens is 4. The molecular formula is C26H34N8. The second-order valence-corrected chi connectivity index (χ2v) is 11.0. The lowest BCUT2D eigenvalue weighted by atomic mass is 9.63. The van der Waals surface area contributed by atoms with Crippen LogP contribution >= 0.6 is 0 Å². The van der Waals surface area contributed by atoms with Gasteiger partial charge in [-0.25, -0.2) is 9.97 Å². The number of fused-ring (bicyclic) bond motifs is 4. The average molecular weight is 459 g/mol. The number of aromatic amines is 1. The maximum Gasteiger partial charge on any atom is 0.176 e. The average Bonchev–Trinajstić information content (AvgIpc) is 3.27. The van der Waals surface area contributed by atoms with Gasteiger partial charge >= 0.3 is 0 Å². The van der Waals surface area contributed by atoms with Gasteiger partial charge in [0.05, 0.1) is 12.3 Å². The highest BCUT2D eigenvalue weighted by Crippen LogP contribution is 2.70. The number of hydrogen-bond acceptors (Lipinski definition) is 7. The number of nitrogens with one attached hydrogen (secondary N) is 2. The number of aryl methyl sites for hydroxylation is 1. The van der Waals surface area contributed by atoms with Gasteiger partial charge in [-0.3, -0.25) is 5.10 Å². The summed E-state index contributed by atoms with van der Waals surface area (Å²) >= 11 is 0. The fourth-order valence-electron chi connectivity index (χ4n) is 7.10. The molecule has 4 fully saturated rings. The maximum atomic E-state index is 9.22. The Bertz CT molecular complexity index is 1160. The molecule has 3 unspecified atom stereocenters. The third kappa shape index (κ3) is 3.28. The Morgan fingerprint density at radius 1 is 1.29 bits per heavy atom. The lowest BCUT2D eigenvalue weighted by molar-refractivity contribution is 0.0881. The van der Waals surface area contributed by atoms with Gasteiger partial charge in [-0.1, -0.05) is 12.2 Å². The van der Waals surface area contributed by atoms with E-state index in [9.17, 15) is 5.26 Å². The molecule has 2 aromatic rings. The maximum absolute atomic E-state index is 9.22. The molecule has 4 aliphatic carbocycles. The van der Waals surface area contributed by atoms with Gasteiger partial charge in [0.1, 0.15) is 6.17 Å². The molecule has 0 spiro atoms. The standard InChI is InChI=1S/C26H34N8/c1-15-8-20(12-18-10-19(11-18)26(6-5-7-27)13-21(15)26)34-17(3)33(4)24-25(34)30-23(14-28-24)29-22-9-16(2)31-32-22/h9,14,17-21H,1,5-6,8,10-13H2,2-4H3,(H2,29,30,31,32)/t17?,18?,19?,20-,21?,26?/m1/s1.